The van der Waals surface area contributed by atoms with E-state index in [9.17, 15) is 14.4 Å². The molecule has 0 aliphatic rings. The van der Waals surface area contributed by atoms with Crippen LogP contribution in [0.15, 0.2) is 29.0 Å². The van der Waals surface area contributed by atoms with Gasteiger partial charge in [-0.2, -0.15) is 5.10 Å². The lowest BCUT2D eigenvalue weighted by Crippen LogP contribution is -2.32. The van der Waals surface area contributed by atoms with Crippen LogP contribution in [0.5, 0.6) is 5.75 Å². The van der Waals surface area contributed by atoms with Crippen LogP contribution in [0.3, 0.4) is 0 Å². The van der Waals surface area contributed by atoms with Gasteiger partial charge in [-0.1, -0.05) is 6.07 Å². The molecule has 0 bridgehead atoms. The van der Waals surface area contributed by atoms with Gasteiger partial charge in [0.2, 0.25) is 0 Å². The average Bonchev–Trinajstić information content (AvgIpc) is 3.12. The van der Waals surface area contributed by atoms with Crippen LogP contribution in [-0.4, -0.2) is 44.8 Å². The summed E-state index contributed by atoms with van der Waals surface area (Å²) >= 11 is 3.37. The number of amides is 1. The van der Waals surface area contributed by atoms with Gasteiger partial charge in [-0.25, -0.2) is 14.4 Å². The number of alkyl carbamates (subject to hydrolysis) is 1. The second kappa shape index (κ2) is 11.5. The summed E-state index contributed by atoms with van der Waals surface area (Å²) in [6.07, 6.45) is 1.84. The Kier molecular flexibility index (Phi) is 9.40. The Morgan fingerprint density at radius 1 is 0.919 bits per heavy atom. The number of hydrogen-bond donors (Lipinski definition) is 1. The molecular formula is C26H36BrN3O7. The van der Waals surface area contributed by atoms with E-state index in [-0.39, 0.29) is 24.4 Å². The first-order chi connectivity index (χ1) is 16.8. The van der Waals surface area contributed by atoms with E-state index in [2.05, 4.69) is 26.3 Å². The number of halogens is 1. The van der Waals surface area contributed by atoms with Crippen molar-refractivity contribution in [2.24, 2.45) is 0 Å². The second-order valence-electron chi connectivity index (χ2n) is 11.4. The molecule has 1 heterocycles. The van der Waals surface area contributed by atoms with Gasteiger partial charge in [0.25, 0.3) is 0 Å². The normalized spacial score (nSPS) is 12.1. The first-order valence-electron chi connectivity index (χ1n) is 11.8. The Hall–Kier alpha value is -3.08. The van der Waals surface area contributed by atoms with Crippen LogP contribution in [0.4, 0.5) is 9.59 Å². The predicted octanol–water partition coefficient (Wildman–Crippen LogP) is 5.99. The molecule has 204 valence electrons. The maximum Gasteiger partial charge on any atom is 0.514 e. The Labute approximate surface area is 226 Å². The van der Waals surface area contributed by atoms with Crippen molar-refractivity contribution in [2.45, 2.75) is 92.2 Å². The lowest BCUT2D eigenvalue weighted by atomic mass is 10.1. The third-order valence-corrected chi connectivity index (χ3v) is 4.85. The van der Waals surface area contributed by atoms with Crippen LogP contribution < -0.4 is 10.1 Å². The van der Waals surface area contributed by atoms with E-state index in [1.165, 1.54) is 0 Å². The van der Waals surface area contributed by atoms with Crippen molar-refractivity contribution in [2.75, 3.05) is 0 Å². The largest absolute Gasteiger partial charge is 0.514 e. The van der Waals surface area contributed by atoms with Gasteiger partial charge >= 0.3 is 18.2 Å². The zero-order valence-electron chi connectivity index (χ0n) is 22.9. The Morgan fingerprint density at radius 3 is 2.08 bits per heavy atom. The molecule has 0 radical (unpaired) electrons. The van der Waals surface area contributed by atoms with E-state index in [0.29, 0.717) is 10.0 Å². The summed E-state index contributed by atoms with van der Waals surface area (Å²) in [4.78, 5) is 37.6. The van der Waals surface area contributed by atoms with E-state index < -0.39 is 35.0 Å². The van der Waals surface area contributed by atoms with Crippen molar-refractivity contribution < 1.29 is 33.3 Å². The first-order valence-corrected chi connectivity index (χ1v) is 12.6. The molecule has 2 aromatic rings. The van der Waals surface area contributed by atoms with Crippen LogP contribution in [0.25, 0.3) is 0 Å². The molecule has 0 aliphatic carbocycles. The van der Waals surface area contributed by atoms with Gasteiger partial charge in [0, 0.05) is 18.3 Å². The highest BCUT2D eigenvalue weighted by Crippen LogP contribution is 2.34. The van der Waals surface area contributed by atoms with Crippen molar-refractivity contribution in [3.63, 3.8) is 0 Å². The summed E-state index contributed by atoms with van der Waals surface area (Å²) in [5.74, 6) is -0.679. The third kappa shape index (κ3) is 10.4. The molecule has 1 aromatic heterocycles. The van der Waals surface area contributed by atoms with Crippen molar-refractivity contribution in [3.05, 3.63) is 45.7 Å². The number of benzene rings is 1. The number of nitrogens with one attached hydrogen (secondary N) is 1. The van der Waals surface area contributed by atoms with E-state index in [1.807, 2.05) is 0 Å². The fraction of sp³-hybridized carbons (Fsp3) is 0.538. The number of nitrogens with zero attached hydrogens (tertiary/aromatic N) is 2. The molecule has 0 aliphatic heterocycles. The molecule has 0 spiro atoms. The van der Waals surface area contributed by atoms with Crippen molar-refractivity contribution >= 4 is 34.1 Å². The van der Waals surface area contributed by atoms with Gasteiger partial charge in [0.05, 0.1) is 17.2 Å². The van der Waals surface area contributed by atoms with Crippen LogP contribution in [-0.2, 0) is 27.3 Å². The Morgan fingerprint density at radius 2 is 1.51 bits per heavy atom. The molecule has 0 atom stereocenters. The monoisotopic (exact) mass is 581 g/mol. The highest BCUT2D eigenvalue weighted by Gasteiger charge is 2.29. The van der Waals surface area contributed by atoms with Crippen molar-refractivity contribution in [1.29, 1.82) is 0 Å². The smallest absolute Gasteiger partial charge is 0.456 e. The van der Waals surface area contributed by atoms with Crippen LogP contribution in [0.2, 0.25) is 0 Å². The van der Waals surface area contributed by atoms with Gasteiger partial charge in [0.15, 0.2) is 5.75 Å². The minimum Gasteiger partial charge on any atom is -0.456 e. The summed E-state index contributed by atoms with van der Waals surface area (Å²) in [5, 5.41) is 7.01. The average molecular weight is 582 g/mol. The molecule has 11 heteroatoms. The quantitative estimate of drug-likeness (QED) is 0.251. The Balaban J connectivity index is 2.33. The van der Waals surface area contributed by atoms with Crippen LogP contribution >= 0.6 is 15.9 Å². The maximum absolute atomic E-state index is 13.2. The summed E-state index contributed by atoms with van der Waals surface area (Å²) in [5.41, 5.74) is -0.873. The Bertz CT molecular complexity index is 1140. The number of ether oxygens (including phenoxy) is 4. The molecule has 1 amide bonds. The van der Waals surface area contributed by atoms with E-state index in [0.717, 1.165) is 5.56 Å². The minimum atomic E-state index is -0.954. The maximum atomic E-state index is 13.2. The zero-order valence-corrected chi connectivity index (χ0v) is 24.4. The lowest BCUT2D eigenvalue weighted by Gasteiger charge is -2.23. The van der Waals surface area contributed by atoms with E-state index in [1.54, 1.807) is 91.5 Å². The number of carbonyl (C=O) groups excluding carboxylic acids is 3. The van der Waals surface area contributed by atoms with Crippen molar-refractivity contribution in [1.82, 2.24) is 15.1 Å². The first kappa shape index (κ1) is 30.1. The number of hydrogen-bond acceptors (Lipinski definition) is 8. The van der Waals surface area contributed by atoms with Gasteiger partial charge in [0.1, 0.15) is 22.4 Å². The highest BCUT2D eigenvalue weighted by molar-refractivity contribution is 9.10. The topological polar surface area (TPSA) is 118 Å². The molecule has 37 heavy (non-hydrogen) atoms. The molecular weight excluding hydrogens is 546 g/mol. The molecule has 1 N–H and O–H groups in total. The predicted molar refractivity (Wildman–Crippen MR) is 141 cm³/mol. The number of carbonyl (C=O) groups is 3. The van der Waals surface area contributed by atoms with Gasteiger partial charge in [-0.15, -0.1) is 0 Å². The highest BCUT2D eigenvalue weighted by atomic mass is 79.9. The van der Waals surface area contributed by atoms with E-state index >= 15 is 0 Å². The third-order valence-electron chi connectivity index (χ3n) is 4.23. The van der Waals surface area contributed by atoms with Gasteiger partial charge < -0.3 is 24.3 Å². The standard InChI is InChI=1S/C26H36BrN3O7/c1-24(2,3)35-21(31)19-17(10-11-18(27)20(19)34-23(33)37-26(7,8)9)15-30-14-16(13-29-30)12-28-22(32)36-25(4,5)6/h10-11,13-14H,12,15H2,1-9H3,(H,28,32). The summed E-state index contributed by atoms with van der Waals surface area (Å²) < 4.78 is 23.6. The fourth-order valence-corrected chi connectivity index (χ4v) is 3.40. The SMILES string of the molecule is CC(C)(C)OC(=O)NCc1cnn(Cc2ccc(Br)c(OC(=O)OC(C)(C)C)c2C(=O)OC(C)(C)C)c1. The van der Waals surface area contributed by atoms with E-state index in [4.69, 9.17) is 18.9 Å². The lowest BCUT2D eigenvalue weighted by molar-refractivity contribution is 0.00588. The van der Waals surface area contributed by atoms with Gasteiger partial charge in [-0.3, -0.25) is 4.68 Å². The number of rotatable bonds is 6. The molecule has 1 aromatic carbocycles. The minimum absolute atomic E-state index is 0.0139. The zero-order chi connectivity index (χ0) is 28.2. The van der Waals surface area contributed by atoms with Crippen LogP contribution in [0.1, 0.15) is 83.8 Å². The van der Waals surface area contributed by atoms with Crippen LogP contribution in [0, 0.1) is 0 Å². The van der Waals surface area contributed by atoms with Gasteiger partial charge in [-0.05, 0) is 89.9 Å². The second-order valence-corrected chi connectivity index (χ2v) is 12.2. The summed E-state index contributed by atoms with van der Waals surface area (Å²) in [7, 11) is 0. The summed E-state index contributed by atoms with van der Waals surface area (Å²) in [6.45, 7) is 16.1. The molecule has 2 rings (SSSR count). The molecule has 0 saturated heterocycles. The molecule has 0 saturated carbocycles. The molecule has 0 fully saturated rings. The number of esters is 1. The molecule has 10 nitrogen and oxygen atoms in total. The summed E-state index contributed by atoms with van der Waals surface area (Å²) in [6, 6.07) is 3.38. The molecule has 0 unspecified atom stereocenters. The number of aromatic nitrogens is 2. The fourth-order valence-electron chi connectivity index (χ4n) is 2.98. The van der Waals surface area contributed by atoms with Crippen molar-refractivity contribution in [3.8, 4) is 5.75 Å².